The molecule has 0 aromatic rings. The molecule has 0 saturated heterocycles. The summed E-state index contributed by atoms with van der Waals surface area (Å²) in [6.45, 7) is 11.7. The Morgan fingerprint density at radius 1 is 1.30 bits per heavy atom. The molecule has 2 atom stereocenters. The van der Waals surface area contributed by atoms with Gasteiger partial charge in [-0.3, -0.25) is 0 Å². The summed E-state index contributed by atoms with van der Waals surface area (Å²) in [4.78, 5) is 0. The van der Waals surface area contributed by atoms with Gasteiger partial charge in [0.25, 0.3) is 0 Å². The fourth-order valence-electron chi connectivity index (χ4n) is 0.938. The monoisotopic (exact) mass is 137 g/mol. The zero-order valence-corrected chi connectivity index (χ0v) is 7.01. The second-order valence-corrected chi connectivity index (χ2v) is 2.79. The van der Waals surface area contributed by atoms with Crippen molar-refractivity contribution in [3.8, 4) is 0 Å². The van der Waals surface area contributed by atoms with Crippen LogP contribution in [0.4, 0.5) is 0 Å². The molecule has 10 heavy (non-hydrogen) atoms. The van der Waals surface area contributed by atoms with Crippen molar-refractivity contribution in [2.24, 2.45) is 11.8 Å². The molecule has 0 N–H and O–H groups in total. The Bertz CT molecular complexity index is 103. The number of allylic oxidation sites excluding steroid dienone is 2. The van der Waals surface area contributed by atoms with Crippen LogP contribution >= 0.6 is 0 Å². The lowest BCUT2D eigenvalue weighted by Gasteiger charge is -2.10. The van der Waals surface area contributed by atoms with Crippen molar-refractivity contribution in [1.82, 2.24) is 0 Å². The van der Waals surface area contributed by atoms with Crippen LogP contribution in [0.15, 0.2) is 25.3 Å². The van der Waals surface area contributed by atoms with E-state index in [-0.39, 0.29) is 0 Å². The summed E-state index contributed by atoms with van der Waals surface area (Å²) < 4.78 is 0. The van der Waals surface area contributed by atoms with Gasteiger partial charge in [0.2, 0.25) is 0 Å². The van der Waals surface area contributed by atoms with Crippen LogP contribution in [0.3, 0.4) is 0 Å². The Morgan fingerprint density at radius 3 is 2.30 bits per heavy atom. The zero-order valence-electron chi connectivity index (χ0n) is 7.01. The molecule has 0 heteroatoms. The zero-order chi connectivity index (χ0) is 7.98. The fourth-order valence-corrected chi connectivity index (χ4v) is 0.938. The number of rotatable bonds is 5. The van der Waals surface area contributed by atoms with Gasteiger partial charge in [-0.05, 0) is 24.7 Å². The first-order valence-electron chi connectivity index (χ1n) is 3.79. The highest BCUT2D eigenvalue weighted by Gasteiger charge is 2.03. The third kappa shape index (κ3) is 4.37. The van der Waals surface area contributed by atoms with Crippen LogP contribution in [0.1, 0.15) is 20.3 Å². The van der Waals surface area contributed by atoms with E-state index in [1.54, 1.807) is 0 Å². The van der Waals surface area contributed by atoms with Gasteiger partial charge in [-0.25, -0.2) is 0 Å². The predicted molar refractivity (Wildman–Crippen MR) is 47.6 cm³/mol. The summed E-state index contributed by atoms with van der Waals surface area (Å²) in [6, 6.07) is 0. The highest BCUT2D eigenvalue weighted by molar-refractivity contribution is 4.91. The highest BCUT2D eigenvalue weighted by Crippen LogP contribution is 2.14. The smallest absolute Gasteiger partial charge is 0.0231 e. The summed E-state index contributed by atoms with van der Waals surface area (Å²) in [5.74, 6) is 1.15. The van der Waals surface area contributed by atoms with Crippen LogP contribution in [0.5, 0.6) is 0 Å². The molecule has 0 aliphatic carbocycles. The van der Waals surface area contributed by atoms with Gasteiger partial charge in [0.15, 0.2) is 0 Å². The number of hydrogen-bond donors (Lipinski definition) is 0. The van der Waals surface area contributed by atoms with Gasteiger partial charge < -0.3 is 0 Å². The van der Waals surface area contributed by atoms with Gasteiger partial charge in [0.05, 0.1) is 0 Å². The van der Waals surface area contributed by atoms with Crippen molar-refractivity contribution in [1.29, 1.82) is 0 Å². The van der Waals surface area contributed by atoms with Crippen molar-refractivity contribution in [2.45, 2.75) is 20.3 Å². The van der Waals surface area contributed by atoms with E-state index in [1.165, 1.54) is 0 Å². The van der Waals surface area contributed by atoms with Crippen molar-refractivity contribution < 1.29 is 0 Å². The summed E-state index contributed by atoms with van der Waals surface area (Å²) in [6.07, 6.45) is 7.27. The largest absolute Gasteiger partial charge is 0.103 e. The van der Waals surface area contributed by atoms with Crippen molar-refractivity contribution in [3.63, 3.8) is 0 Å². The number of hydrogen-bond acceptors (Lipinski definition) is 0. The van der Waals surface area contributed by atoms with E-state index in [0.29, 0.717) is 11.8 Å². The van der Waals surface area contributed by atoms with Gasteiger partial charge in [-0.1, -0.05) is 26.0 Å². The maximum atomic E-state index is 3.72. The normalized spacial score (nSPS) is 15.8. The van der Waals surface area contributed by atoms with Crippen molar-refractivity contribution in [2.75, 3.05) is 0 Å². The topological polar surface area (TPSA) is 0 Å². The van der Waals surface area contributed by atoms with Crippen LogP contribution in [-0.2, 0) is 0 Å². The first-order valence-corrected chi connectivity index (χ1v) is 3.79. The minimum absolute atomic E-state index is 0.523. The molecule has 0 amide bonds. The molecule has 0 rings (SSSR count). The van der Waals surface area contributed by atoms with E-state index in [0.717, 1.165) is 6.42 Å². The lowest BCUT2D eigenvalue weighted by molar-refractivity contribution is 0.610. The molecule has 0 saturated carbocycles. The summed E-state index contributed by atoms with van der Waals surface area (Å²) >= 11 is 0. The summed E-state index contributed by atoms with van der Waals surface area (Å²) in [5, 5.41) is 0. The predicted octanol–water partition coefficient (Wildman–Crippen LogP) is 3.22. The average Bonchev–Trinajstić information content (AvgIpc) is 1.88. The van der Waals surface area contributed by atoms with E-state index in [4.69, 9.17) is 0 Å². The Morgan fingerprint density at radius 2 is 1.90 bits per heavy atom. The Kier molecular flexibility index (Phi) is 5.00. The van der Waals surface area contributed by atoms with Crippen LogP contribution < -0.4 is 0 Å². The molecule has 0 bridgehead atoms. The fraction of sp³-hybridized carbons (Fsp3) is 0.500. The van der Waals surface area contributed by atoms with Gasteiger partial charge in [-0.2, -0.15) is 0 Å². The minimum Gasteiger partial charge on any atom is -0.103 e. The van der Waals surface area contributed by atoms with Gasteiger partial charge >= 0.3 is 0 Å². The quantitative estimate of drug-likeness (QED) is 0.510. The minimum atomic E-state index is 0.523. The van der Waals surface area contributed by atoms with E-state index in [1.807, 2.05) is 12.2 Å². The molecule has 2 unspecified atom stereocenters. The van der Waals surface area contributed by atoms with Crippen molar-refractivity contribution >= 4 is 0 Å². The molecule has 0 nitrogen and oxygen atoms in total. The third-order valence-electron chi connectivity index (χ3n) is 1.54. The van der Waals surface area contributed by atoms with E-state index < -0.39 is 0 Å². The Balaban J connectivity index is 3.45. The van der Waals surface area contributed by atoms with Crippen LogP contribution in [-0.4, -0.2) is 0 Å². The standard InChI is InChI=1S/C10H17/c1-5-7-10(4)8-9(3)6-2/h5-6,8-10H,1-2,7H2,3-4H3. The van der Waals surface area contributed by atoms with E-state index in [2.05, 4.69) is 33.4 Å². The molecule has 0 spiro atoms. The molecular weight excluding hydrogens is 120 g/mol. The Hall–Kier alpha value is -0.520. The summed E-state index contributed by atoms with van der Waals surface area (Å²) in [7, 11) is 0. The molecule has 0 aliphatic heterocycles. The second-order valence-electron chi connectivity index (χ2n) is 2.79. The van der Waals surface area contributed by atoms with E-state index >= 15 is 0 Å². The first kappa shape index (κ1) is 9.48. The SMILES string of the molecule is C=CCC(C)[CH]C(C)C=C. The highest BCUT2D eigenvalue weighted by atomic mass is 14.1. The molecule has 0 aromatic heterocycles. The molecule has 0 aliphatic rings. The third-order valence-corrected chi connectivity index (χ3v) is 1.54. The maximum Gasteiger partial charge on any atom is -0.0231 e. The van der Waals surface area contributed by atoms with Crippen LogP contribution in [0.25, 0.3) is 0 Å². The van der Waals surface area contributed by atoms with Gasteiger partial charge in [0, 0.05) is 0 Å². The Labute approximate surface area is 64.6 Å². The van der Waals surface area contributed by atoms with Crippen LogP contribution in [0, 0.1) is 18.3 Å². The lowest BCUT2D eigenvalue weighted by atomic mass is 9.95. The second kappa shape index (κ2) is 5.28. The summed E-state index contributed by atoms with van der Waals surface area (Å²) in [5.41, 5.74) is 0. The molecule has 0 aromatic carbocycles. The lowest BCUT2D eigenvalue weighted by Crippen LogP contribution is -2.00. The van der Waals surface area contributed by atoms with Gasteiger partial charge in [-0.15, -0.1) is 13.2 Å². The molecule has 0 heterocycles. The van der Waals surface area contributed by atoms with E-state index in [9.17, 15) is 0 Å². The molecule has 0 fully saturated rings. The van der Waals surface area contributed by atoms with Gasteiger partial charge in [0.1, 0.15) is 0 Å². The average molecular weight is 137 g/mol. The molecule has 1 radical (unpaired) electrons. The molecular formula is C10H17. The molecule has 57 valence electrons. The van der Waals surface area contributed by atoms with Crippen LogP contribution in [0.2, 0.25) is 0 Å². The maximum absolute atomic E-state index is 3.72. The first-order chi connectivity index (χ1) is 4.70. The van der Waals surface area contributed by atoms with Crippen molar-refractivity contribution in [3.05, 3.63) is 31.7 Å².